The molecule has 1 saturated carbocycles. The number of aromatic nitrogens is 2. The molecule has 19 heavy (non-hydrogen) atoms. The second-order valence-electron chi connectivity index (χ2n) is 5.80. The summed E-state index contributed by atoms with van der Waals surface area (Å²) >= 11 is 0. The summed E-state index contributed by atoms with van der Waals surface area (Å²) in [5.41, 5.74) is 2.02. The molecule has 2 unspecified atom stereocenters. The van der Waals surface area contributed by atoms with Crippen molar-refractivity contribution in [2.45, 2.75) is 39.2 Å². The normalized spacial score (nSPS) is 23.6. The van der Waals surface area contributed by atoms with Crippen LogP contribution >= 0.6 is 0 Å². The molecule has 0 aliphatic heterocycles. The molecule has 3 nitrogen and oxygen atoms in total. The Hall–Kier alpha value is -1.64. The number of imidazole rings is 1. The van der Waals surface area contributed by atoms with E-state index in [1.165, 1.54) is 12.8 Å². The van der Waals surface area contributed by atoms with Crippen molar-refractivity contribution in [1.29, 1.82) is 0 Å². The van der Waals surface area contributed by atoms with Gasteiger partial charge in [-0.15, -0.1) is 0 Å². The molecule has 0 saturated heterocycles. The number of rotatable bonds is 3. The molecule has 1 aromatic heterocycles. The second-order valence-corrected chi connectivity index (χ2v) is 5.80. The van der Waals surface area contributed by atoms with Gasteiger partial charge in [0, 0.05) is 5.92 Å². The summed E-state index contributed by atoms with van der Waals surface area (Å²) in [6.45, 7) is 2.73. The van der Waals surface area contributed by atoms with Gasteiger partial charge in [-0.2, -0.15) is 0 Å². The lowest BCUT2D eigenvalue weighted by atomic mass is 9.80. The summed E-state index contributed by atoms with van der Waals surface area (Å²) in [5, 5.41) is 0. The van der Waals surface area contributed by atoms with Crippen molar-refractivity contribution in [1.82, 2.24) is 9.55 Å². The predicted octanol–water partition coefficient (Wildman–Crippen LogP) is 3.43. The zero-order valence-electron chi connectivity index (χ0n) is 11.4. The van der Waals surface area contributed by atoms with Crippen LogP contribution < -0.4 is 0 Å². The van der Waals surface area contributed by atoms with Gasteiger partial charge in [-0.05, 0) is 30.9 Å². The van der Waals surface area contributed by atoms with Gasteiger partial charge < -0.3 is 4.57 Å². The molecule has 3 heteroatoms. The molecule has 1 fully saturated rings. The van der Waals surface area contributed by atoms with E-state index < -0.39 is 0 Å². The predicted molar refractivity (Wildman–Crippen MR) is 75.9 cm³/mol. The molecule has 100 valence electrons. The average Bonchev–Trinajstić information content (AvgIpc) is 2.82. The Morgan fingerprint density at radius 2 is 2.21 bits per heavy atom. The Morgan fingerprint density at radius 1 is 1.37 bits per heavy atom. The van der Waals surface area contributed by atoms with Gasteiger partial charge in [0.1, 0.15) is 0 Å². The van der Waals surface area contributed by atoms with Gasteiger partial charge in [0.25, 0.3) is 0 Å². The Kier molecular flexibility index (Phi) is 3.36. The van der Waals surface area contributed by atoms with Crippen molar-refractivity contribution < 1.29 is 4.79 Å². The van der Waals surface area contributed by atoms with E-state index in [-0.39, 0.29) is 5.92 Å². The van der Waals surface area contributed by atoms with Gasteiger partial charge in [-0.25, -0.2) is 4.98 Å². The van der Waals surface area contributed by atoms with Crippen LogP contribution in [0.4, 0.5) is 0 Å². The van der Waals surface area contributed by atoms with Crippen molar-refractivity contribution in [3.63, 3.8) is 0 Å². The number of fused-ring (bicyclic) bond motifs is 1. The second kappa shape index (κ2) is 5.16. The van der Waals surface area contributed by atoms with Crippen LogP contribution in [-0.4, -0.2) is 15.3 Å². The summed E-state index contributed by atoms with van der Waals surface area (Å²) in [5.74, 6) is 1.32. The quantitative estimate of drug-likeness (QED) is 0.843. The van der Waals surface area contributed by atoms with Crippen LogP contribution in [0.1, 0.15) is 32.6 Å². The molecular formula is C16H20N2O. The molecule has 1 heterocycles. The molecule has 1 aromatic carbocycles. The minimum Gasteiger partial charge on any atom is -0.323 e. The van der Waals surface area contributed by atoms with E-state index >= 15 is 0 Å². The largest absolute Gasteiger partial charge is 0.323 e. The molecule has 2 aromatic rings. The van der Waals surface area contributed by atoms with Gasteiger partial charge in [0.2, 0.25) is 0 Å². The number of hydrogen-bond donors (Lipinski definition) is 0. The zero-order valence-corrected chi connectivity index (χ0v) is 11.4. The third-order valence-electron chi connectivity index (χ3n) is 4.25. The fourth-order valence-corrected chi connectivity index (χ4v) is 3.16. The number of ketones is 1. The molecule has 0 amide bonds. The lowest BCUT2D eigenvalue weighted by Gasteiger charge is -2.25. The van der Waals surface area contributed by atoms with E-state index in [4.69, 9.17) is 0 Å². The van der Waals surface area contributed by atoms with Crippen molar-refractivity contribution in [3.8, 4) is 0 Å². The monoisotopic (exact) mass is 256 g/mol. The Morgan fingerprint density at radius 3 is 3.05 bits per heavy atom. The van der Waals surface area contributed by atoms with Crippen molar-refractivity contribution in [2.75, 3.05) is 0 Å². The van der Waals surface area contributed by atoms with E-state index in [9.17, 15) is 4.79 Å². The first-order valence-electron chi connectivity index (χ1n) is 7.16. The van der Waals surface area contributed by atoms with Gasteiger partial charge in [-0.3, -0.25) is 4.79 Å². The molecule has 0 radical (unpaired) electrons. The van der Waals surface area contributed by atoms with E-state index in [0.29, 0.717) is 18.2 Å². The first-order chi connectivity index (χ1) is 9.24. The van der Waals surface area contributed by atoms with Gasteiger partial charge in [0.05, 0.1) is 23.9 Å². The Bertz CT molecular complexity index is 587. The fourth-order valence-electron chi connectivity index (χ4n) is 3.16. The third-order valence-corrected chi connectivity index (χ3v) is 4.25. The maximum Gasteiger partial charge on any atom is 0.155 e. The van der Waals surface area contributed by atoms with Gasteiger partial charge in [0.15, 0.2) is 5.78 Å². The average molecular weight is 256 g/mol. The highest BCUT2D eigenvalue weighted by molar-refractivity contribution is 5.83. The van der Waals surface area contributed by atoms with Crippen molar-refractivity contribution in [3.05, 3.63) is 30.6 Å². The standard InChI is InChI=1S/C16H20N2O/c1-12-5-4-6-13(9-12)16(19)10-18-11-17-14-7-2-3-8-15(14)18/h2-3,7-8,11-13H,4-6,9-10H2,1H3. The van der Waals surface area contributed by atoms with Gasteiger partial charge >= 0.3 is 0 Å². The molecule has 2 atom stereocenters. The van der Waals surface area contributed by atoms with Crippen LogP contribution in [0.25, 0.3) is 11.0 Å². The topological polar surface area (TPSA) is 34.9 Å². The number of hydrogen-bond acceptors (Lipinski definition) is 2. The molecule has 1 aliphatic carbocycles. The van der Waals surface area contributed by atoms with Crippen LogP contribution in [0.3, 0.4) is 0 Å². The maximum absolute atomic E-state index is 12.4. The highest BCUT2D eigenvalue weighted by Gasteiger charge is 2.25. The third kappa shape index (κ3) is 2.55. The lowest BCUT2D eigenvalue weighted by molar-refractivity contribution is -0.124. The minimum atomic E-state index is 0.255. The molecule has 0 bridgehead atoms. The first-order valence-corrected chi connectivity index (χ1v) is 7.16. The number of carbonyl (C=O) groups is 1. The van der Waals surface area contributed by atoms with Crippen LogP contribution in [0.15, 0.2) is 30.6 Å². The van der Waals surface area contributed by atoms with Gasteiger partial charge in [-0.1, -0.05) is 31.9 Å². The number of Topliss-reactive ketones (excluding diaryl/α,β-unsaturated/α-hetero) is 1. The summed E-state index contributed by atoms with van der Waals surface area (Å²) in [6, 6.07) is 7.98. The summed E-state index contributed by atoms with van der Waals surface area (Å²) < 4.78 is 1.98. The molecule has 0 spiro atoms. The molecule has 0 N–H and O–H groups in total. The van der Waals surface area contributed by atoms with Crippen molar-refractivity contribution >= 4 is 16.8 Å². The summed E-state index contributed by atoms with van der Waals surface area (Å²) in [7, 11) is 0. The summed E-state index contributed by atoms with van der Waals surface area (Å²) in [4.78, 5) is 16.7. The number of carbonyl (C=O) groups excluding carboxylic acids is 1. The van der Waals surface area contributed by atoms with Crippen LogP contribution in [-0.2, 0) is 11.3 Å². The molecular weight excluding hydrogens is 236 g/mol. The minimum absolute atomic E-state index is 0.255. The Labute approximate surface area is 113 Å². The fraction of sp³-hybridized carbons (Fsp3) is 0.500. The lowest BCUT2D eigenvalue weighted by Crippen LogP contribution is -2.25. The Balaban J connectivity index is 1.75. The number of para-hydroxylation sites is 2. The SMILES string of the molecule is CC1CCCC(C(=O)Cn2cnc3ccccc32)C1. The van der Waals surface area contributed by atoms with E-state index in [1.807, 2.05) is 28.8 Å². The van der Waals surface area contributed by atoms with Crippen molar-refractivity contribution in [2.24, 2.45) is 11.8 Å². The van der Waals surface area contributed by atoms with E-state index in [1.54, 1.807) is 6.33 Å². The first kappa shape index (κ1) is 12.4. The molecule has 3 rings (SSSR count). The van der Waals surface area contributed by atoms with Crippen LogP contribution in [0, 0.1) is 11.8 Å². The number of nitrogens with zero attached hydrogens (tertiary/aromatic N) is 2. The molecule has 1 aliphatic rings. The zero-order chi connectivity index (χ0) is 13.2. The highest BCUT2D eigenvalue weighted by Crippen LogP contribution is 2.29. The maximum atomic E-state index is 12.4. The highest BCUT2D eigenvalue weighted by atomic mass is 16.1. The number of benzene rings is 1. The van der Waals surface area contributed by atoms with E-state index in [0.717, 1.165) is 23.9 Å². The van der Waals surface area contributed by atoms with E-state index in [2.05, 4.69) is 11.9 Å². The van der Waals surface area contributed by atoms with Crippen LogP contribution in [0.5, 0.6) is 0 Å². The summed E-state index contributed by atoms with van der Waals surface area (Å²) in [6.07, 6.45) is 6.39. The van der Waals surface area contributed by atoms with Crippen LogP contribution in [0.2, 0.25) is 0 Å². The smallest absolute Gasteiger partial charge is 0.155 e.